The molecule has 2 fully saturated rings. The quantitative estimate of drug-likeness (QED) is 0.580. The topological polar surface area (TPSA) is 84.5 Å². The van der Waals surface area contributed by atoms with E-state index < -0.39 is 0 Å². The number of hydrogen-bond donors (Lipinski definition) is 3. The second-order valence-corrected chi connectivity index (χ2v) is 8.96. The molecule has 2 aliphatic heterocycles. The molecule has 0 radical (unpaired) electrons. The van der Waals surface area contributed by atoms with Gasteiger partial charge in [0.1, 0.15) is 5.82 Å². The van der Waals surface area contributed by atoms with E-state index in [-0.39, 0.29) is 11.8 Å². The van der Waals surface area contributed by atoms with E-state index in [0.717, 1.165) is 50.4 Å². The number of carbonyl (C=O) groups is 1. The highest BCUT2D eigenvalue weighted by molar-refractivity contribution is 6.36. The van der Waals surface area contributed by atoms with Gasteiger partial charge < -0.3 is 25.4 Å². The molecule has 1 aromatic heterocycles. The Morgan fingerprint density at radius 2 is 1.91 bits per heavy atom. The van der Waals surface area contributed by atoms with Gasteiger partial charge >= 0.3 is 0 Å². The summed E-state index contributed by atoms with van der Waals surface area (Å²) in [6, 6.07) is 7.56. The average molecular weight is 479 g/mol. The van der Waals surface area contributed by atoms with Crippen LogP contribution in [0, 0.1) is 11.8 Å². The first-order valence-corrected chi connectivity index (χ1v) is 11.7. The number of pyridine rings is 1. The summed E-state index contributed by atoms with van der Waals surface area (Å²) in [6.45, 7) is 4.82. The standard InChI is InChI=1S/C23H28Cl2N4O3/c24-20-2-1-17(27-11-15-3-6-31-7-4-15)9-18(20)19-10-22(28-13-21(19)25)29-23(30)16-12-26-5-8-32-14-16/h1-2,9-10,13,15-16,26-27H,3-8,11-12,14H2,(H,28,29,30). The molecule has 2 aromatic rings. The fourth-order valence-electron chi connectivity index (χ4n) is 3.87. The molecule has 1 atom stereocenters. The number of nitrogens with one attached hydrogen (secondary N) is 3. The van der Waals surface area contributed by atoms with Gasteiger partial charge in [-0.3, -0.25) is 4.79 Å². The second-order valence-electron chi connectivity index (χ2n) is 8.15. The molecule has 0 saturated carbocycles. The largest absolute Gasteiger partial charge is 0.385 e. The Labute approximate surface area is 198 Å². The third-order valence-electron chi connectivity index (χ3n) is 5.80. The van der Waals surface area contributed by atoms with Crippen LogP contribution in [-0.4, -0.2) is 57.0 Å². The van der Waals surface area contributed by atoms with Crippen molar-refractivity contribution in [3.05, 3.63) is 40.5 Å². The van der Waals surface area contributed by atoms with Crippen molar-refractivity contribution in [2.75, 3.05) is 56.7 Å². The third-order valence-corrected chi connectivity index (χ3v) is 6.43. The number of nitrogens with zero attached hydrogens (tertiary/aromatic N) is 1. The number of rotatable bonds is 6. The normalized spacial score (nSPS) is 19.9. The van der Waals surface area contributed by atoms with E-state index in [0.29, 0.717) is 47.1 Å². The molecule has 0 bridgehead atoms. The third kappa shape index (κ3) is 6.11. The summed E-state index contributed by atoms with van der Waals surface area (Å²) in [7, 11) is 0. The van der Waals surface area contributed by atoms with Crippen molar-refractivity contribution in [1.82, 2.24) is 10.3 Å². The summed E-state index contributed by atoms with van der Waals surface area (Å²) in [6.07, 6.45) is 3.66. The van der Waals surface area contributed by atoms with Gasteiger partial charge in [-0.1, -0.05) is 23.2 Å². The summed E-state index contributed by atoms with van der Waals surface area (Å²) in [5.41, 5.74) is 2.47. The lowest BCUT2D eigenvalue weighted by Gasteiger charge is -2.23. The number of aromatic nitrogens is 1. The van der Waals surface area contributed by atoms with Crippen molar-refractivity contribution in [3.8, 4) is 11.1 Å². The van der Waals surface area contributed by atoms with Crippen LogP contribution in [-0.2, 0) is 14.3 Å². The number of halogens is 2. The predicted molar refractivity (Wildman–Crippen MR) is 128 cm³/mol. The molecular weight excluding hydrogens is 451 g/mol. The molecule has 3 heterocycles. The lowest BCUT2D eigenvalue weighted by molar-refractivity contribution is -0.121. The molecule has 9 heteroatoms. The van der Waals surface area contributed by atoms with E-state index in [1.165, 1.54) is 6.20 Å². The minimum Gasteiger partial charge on any atom is -0.385 e. The van der Waals surface area contributed by atoms with Gasteiger partial charge in [0.05, 0.1) is 24.2 Å². The van der Waals surface area contributed by atoms with Crippen LogP contribution >= 0.6 is 23.2 Å². The zero-order chi connectivity index (χ0) is 22.3. The molecule has 1 amide bonds. The van der Waals surface area contributed by atoms with Gasteiger partial charge in [0.25, 0.3) is 0 Å². The molecule has 2 saturated heterocycles. The van der Waals surface area contributed by atoms with E-state index in [1.54, 1.807) is 6.07 Å². The smallest absolute Gasteiger partial charge is 0.232 e. The summed E-state index contributed by atoms with van der Waals surface area (Å²) in [4.78, 5) is 16.9. The highest BCUT2D eigenvalue weighted by Crippen LogP contribution is 2.36. The Morgan fingerprint density at radius 3 is 2.75 bits per heavy atom. The van der Waals surface area contributed by atoms with Crippen molar-refractivity contribution in [2.45, 2.75) is 12.8 Å². The highest BCUT2D eigenvalue weighted by Gasteiger charge is 2.22. The zero-order valence-electron chi connectivity index (χ0n) is 17.8. The number of amides is 1. The van der Waals surface area contributed by atoms with Crippen LogP contribution in [0.15, 0.2) is 30.5 Å². The first kappa shape index (κ1) is 23.3. The second kappa shape index (κ2) is 11.3. The number of ether oxygens (including phenoxy) is 2. The molecule has 7 nitrogen and oxygen atoms in total. The van der Waals surface area contributed by atoms with Gasteiger partial charge in [-0.25, -0.2) is 4.98 Å². The van der Waals surface area contributed by atoms with E-state index in [4.69, 9.17) is 32.7 Å². The Morgan fingerprint density at radius 1 is 1.09 bits per heavy atom. The minimum absolute atomic E-state index is 0.141. The molecule has 2 aliphatic rings. The van der Waals surface area contributed by atoms with Crippen LogP contribution < -0.4 is 16.0 Å². The summed E-state index contributed by atoms with van der Waals surface area (Å²) >= 11 is 13.0. The van der Waals surface area contributed by atoms with E-state index >= 15 is 0 Å². The van der Waals surface area contributed by atoms with E-state index in [2.05, 4.69) is 20.9 Å². The van der Waals surface area contributed by atoms with Gasteiger partial charge in [0.2, 0.25) is 5.91 Å². The van der Waals surface area contributed by atoms with Crippen LogP contribution in [0.25, 0.3) is 11.1 Å². The summed E-state index contributed by atoms with van der Waals surface area (Å²) in [5, 5.41) is 10.6. The van der Waals surface area contributed by atoms with Crippen molar-refractivity contribution >= 4 is 40.6 Å². The van der Waals surface area contributed by atoms with Gasteiger partial charge in [0.15, 0.2) is 0 Å². The SMILES string of the molecule is O=C(Nc1cc(-c2cc(NCC3CCOCC3)ccc2Cl)c(Cl)cn1)C1CNCCOC1. The molecule has 0 spiro atoms. The average Bonchev–Trinajstić information content (AvgIpc) is 3.10. The predicted octanol–water partition coefficient (Wildman–Crippen LogP) is 4.07. The molecular formula is C23H28Cl2N4O3. The number of carbonyl (C=O) groups excluding carboxylic acids is 1. The van der Waals surface area contributed by atoms with Crippen LogP contribution in [0.3, 0.4) is 0 Å². The number of benzene rings is 1. The van der Waals surface area contributed by atoms with E-state index in [9.17, 15) is 4.79 Å². The van der Waals surface area contributed by atoms with Crippen molar-refractivity contribution in [3.63, 3.8) is 0 Å². The lowest BCUT2D eigenvalue weighted by atomic mass is 10.00. The van der Waals surface area contributed by atoms with Crippen LogP contribution in [0.4, 0.5) is 11.5 Å². The van der Waals surface area contributed by atoms with E-state index in [1.807, 2.05) is 18.2 Å². The molecule has 1 unspecified atom stereocenters. The Hall–Kier alpha value is -1.90. The highest BCUT2D eigenvalue weighted by atomic mass is 35.5. The fourth-order valence-corrected chi connectivity index (χ4v) is 4.29. The van der Waals surface area contributed by atoms with Crippen LogP contribution in [0.2, 0.25) is 10.0 Å². The van der Waals surface area contributed by atoms with Crippen molar-refractivity contribution in [1.29, 1.82) is 0 Å². The van der Waals surface area contributed by atoms with Gasteiger partial charge in [-0.05, 0) is 43.0 Å². The summed E-state index contributed by atoms with van der Waals surface area (Å²) in [5.74, 6) is 0.602. The molecule has 1 aromatic carbocycles. The maximum atomic E-state index is 12.7. The molecule has 3 N–H and O–H groups in total. The number of hydrogen-bond acceptors (Lipinski definition) is 6. The first-order chi connectivity index (χ1) is 15.6. The fraction of sp³-hybridized carbons (Fsp3) is 0.478. The van der Waals surface area contributed by atoms with Gasteiger partial charge in [-0.2, -0.15) is 0 Å². The lowest BCUT2D eigenvalue weighted by Crippen LogP contribution is -2.33. The molecule has 4 rings (SSSR count). The maximum absolute atomic E-state index is 12.7. The molecule has 172 valence electrons. The van der Waals surface area contributed by atoms with Crippen molar-refractivity contribution < 1.29 is 14.3 Å². The Bertz CT molecular complexity index is 929. The summed E-state index contributed by atoms with van der Waals surface area (Å²) < 4.78 is 10.9. The maximum Gasteiger partial charge on any atom is 0.232 e. The minimum atomic E-state index is -0.278. The first-order valence-electron chi connectivity index (χ1n) is 11.0. The van der Waals surface area contributed by atoms with Gasteiger partial charge in [-0.15, -0.1) is 0 Å². The molecule has 0 aliphatic carbocycles. The Balaban J connectivity index is 1.49. The van der Waals surface area contributed by atoms with Crippen molar-refractivity contribution in [2.24, 2.45) is 11.8 Å². The zero-order valence-corrected chi connectivity index (χ0v) is 19.3. The molecule has 32 heavy (non-hydrogen) atoms. The number of anilines is 2. The van der Waals surface area contributed by atoms with Crippen LogP contribution in [0.1, 0.15) is 12.8 Å². The Kier molecular flexibility index (Phi) is 8.21. The monoisotopic (exact) mass is 478 g/mol. The van der Waals surface area contributed by atoms with Crippen LogP contribution in [0.5, 0.6) is 0 Å². The van der Waals surface area contributed by atoms with Gasteiger partial charge in [0, 0.05) is 60.9 Å².